The van der Waals surface area contributed by atoms with Crippen molar-refractivity contribution in [1.82, 2.24) is 35.0 Å². The molecule has 6 rings (SSSR count). The summed E-state index contributed by atoms with van der Waals surface area (Å²) >= 11 is 0. The number of ether oxygens (including phenoxy) is 1. The van der Waals surface area contributed by atoms with Gasteiger partial charge in [0.2, 0.25) is 11.8 Å². The minimum Gasteiger partial charge on any atom is -0.377 e. The zero-order valence-electron chi connectivity index (χ0n) is 24.7. The highest BCUT2D eigenvalue weighted by Gasteiger charge is 2.39. The van der Waals surface area contributed by atoms with E-state index in [0.717, 1.165) is 29.7 Å². The fraction of sp³-hybridized carbons (Fsp3) is 0.581. The standard InChI is InChI=1S/C31H39F2N7O3/c1-3-39-26(6-11-35-39)30(42)37-28(21-4-9-31(32,33)10-5-21)25-18-40-27(36-25)16-23(20-7-12-43-13-8-20)24(38-40)15-22-14-19(2)17-34-29(22)41/h6-7,11,16,18-19,21-22,28H,3-5,8-10,12-15,17H2,1-2H3,(H,34,41)(H,37,42)/t19-,22?,28+/m1/s1. The Kier molecular flexibility index (Phi) is 8.30. The summed E-state index contributed by atoms with van der Waals surface area (Å²) in [6, 6.07) is 3.07. The van der Waals surface area contributed by atoms with E-state index in [9.17, 15) is 18.4 Å². The average Bonchev–Trinajstić information content (AvgIpc) is 3.65. The molecule has 0 bridgehead atoms. The molecular formula is C31H39F2N7O3. The Hall–Kier alpha value is -3.67. The van der Waals surface area contributed by atoms with Crippen molar-refractivity contribution in [3.8, 4) is 0 Å². The lowest BCUT2D eigenvalue weighted by molar-refractivity contribution is -0.127. The number of hydrogen-bond acceptors (Lipinski definition) is 6. The van der Waals surface area contributed by atoms with Gasteiger partial charge in [-0.1, -0.05) is 13.0 Å². The molecule has 1 unspecified atom stereocenters. The van der Waals surface area contributed by atoms with Crippen LogP contribution in [0.3, 0.4) is 0 Å². The molecule has 12 heteroatoms. The van der Waals surface area contributed by atoms with Gasteiger partial charge in [-0.3, -0.25) is 14.3 Å². The van der Waals surface area contributed by atoms with Gasteiger partial charge >= 0.3 is 0 Å². The van der Waals surface area contributed by atoms with Crippen LogP contribution in [0.5, 0.6) is 0 Å². The molecule has 2 amide bonds. The minimum absolute atomic E-state index is 0.0430. The lowest BCUT2D eigenvalue weighted by Crippen LogP contribution is -2.41. The quantitative estimate of drug-likeness (QED) is 0.400. The predicted octanol–water partition coefficient (Wildman–Crippen LogP) is 4.36. The molecule has 230 valence electrons. The van der Waals surface area contributed by atoms with Gasteiger partial charge < -0.3 is 15.4 Å². The molecular weight excluding hydrogens is 556 g/mol. The molecule has 1 saturated heterocycles. The van der Waals surface area contributed by atoms with Gasteiger partial charge in [-0.2, -0.15) is 10.2 Å². The largest absolute Gasteiger partial charge is 0.377 e. The second-order valence-electron chi connectivity index (χ2n) is 12.2. The number of halogens is 2. The van der Waals surface area contributed by atoms with E-state index in [1.807, 2.05) is 13.0 Å². The van der Waals surface area contributed by atoms with Gasteiger partial charge in [-0.25, -0.2) is 18.3 Å². The number of carbonyl (C=O) groups excluding carboxylic acids is 2. The minimum atomic E-state index is -2.70. The number of nitrogens with one attached hydrogen (secondary N) is 2. The van der Waals surface area contributed by atoms with Gasteiger partial charge in [0.05, 0.1) is 36.8 Å². The van der Waals surface area contributed by atoms with Crippen molar-refractivity contribution < 1.29 is 23.1 Å². The Bertz CT molecular complexity index is 1520. The summed E-state index contributed by atoms with van der Waals surface area (Å²) in [4.78, 5) is 31.1. The van der Waals surface area contributed by atoms with Crippen molar-refractivity contribution in [3.05, 3.63) is 53.2 Å². The molecule has 3 aromatic heterocycles. The number of aryl methyl sites for hydroxylation is 1. The summed E-state index contributed by atoms with van der Waals surface area (Å²) in [5, 5.41) is 15.3. The van der Waals surface area contributed by atoms with E-state index in [-0.39, 0.29) is 49.3 Å². The average molecular weight is 596 g/mol. The molecule has 43 heavy (non-hydrogen) atoms. The normalized spacial score (nSPS) is 23.5. The maximum absolute atomic E-state index is 14.1. The molecule has 2 N–H and O–H groups in total. The number of amides is 2. The number of aromatic nitrogens is 5. The summed E-state index contributed by atoms with van der Waals surface area (Å²) < 4.78 is 37.1. The molecule has 1 saturated carbocycles. The molecule has 0 radical (unpaired) electrons. The fourth-order valence-corrected chi connectivity index (χ4v) is 6.66. The van der Waals surface area contributed by atoms with E-state index < -0.39 is 12.0 Å². The number of rotatable bonds is 8. The molecule has 10 nitrogen and oxygen atoms in total. The first-order valence-electron chi connectivity index (χ1n) is 15.4. The van der Waals surface area contributed by atoms with Crippen molar-refractivity contribution in [2.75, 3.05) is 19.8 Å². The third kappa shape index (κ3) is 6.34. The Labute approximate surface area is 249 Å². The lowest BCUT2D eigenvalue weighted by Gasteiger charge is -2.33. The summed E-state index contributed by atoms with van der Waals surface area (Å²) in [7, 11) is 0. The van der Waals surface area contributed by atoms with Crippen molar-refractivity contribution in [2.45, 2.75) is 77.3 Å². The first-order chi connectivity index (χ1) is 20.7. The van der Waals surface area contributed by atoms with Crippen LogP contribution < -0.4 is 10.6 Å². The Morgan fingerprint density at radius 1 is 1.30 bits per heavy atom. The number of nitrogens with zero attached hydrogens (tertiary/aromatic N) is 5. The molecule has 2 aliphatic heterocycles. The van der Waals surface area contributed by atoms with Crippen LogP contribution in [-0.4, -0.2) is 61.9 Å². The molecule has 3 atom stereocenters. The van der Waals surface area contributed by atoms with E-state index in [1.54, 1.807) is 27.7 Å². The van der Waals surface area contributed by atoms with Gasteiger partial charge in [0, 0.05) is 50.0 Å². The number of alkyl halides is 2. The lowest BCUT2D eigenvalue weighted by atomic mass is 9.81. The number of imidazole rings is 1. The van der Waals surface area contributed by atoms with E-state index in [1.165, 1.54) is 0 Å². The van der Waals surface area contributed by atoms with Crippen molar-refractivity contribution >= 4 is 23.0 Å². The highest BCUT2D eigenvalue weighted by Crippen LogP contribution is 2.41. The van der Waals surface area contributed by atoms with E-state index in [4.69, 9.17) is 14.8 Å². The third-order valence-electron chi connectivity index (χ3n) is 9.06. The van der Waals surface area contributed by atoms with Crippen LogP contribution in [0.1, 0.15) is 85.9 Å². The number of hydrogen-bond donors (Lipinski definition) is 2. The predicted molar refractivity (Wildman–Crippen MR) is 155 cm³/mol. The molecule has 2 fully saturated rings. The summed E-state index contributed by atoms with van der Waals surface area (Å²) in [5.41, 5.74) is 4.45. The van der Waals surface area contributed by atoms with Crippen LogP contribution in [0.25, 0.3) is 11.2 Å². The second-order valence-corrected chi connectivity index (χ2v) is 12.2. The van der Waals surface area contributed by atoms with E-state index in [2.05, 4.69) is 28.7 Å². The van der Waals surface area contributed by atoms with E-state index in [0.29, 0.717) is 55.7 Å². The van der Waals surface area contributed by atoms with E-state index >= 15 is 0 Å². The fourth-order valence-electron chi connectivity index (χ4n) is 6.66. The van der Waals surface area contributed by atoms with Gasteiger partial charge in [0.1, 0.15) is 5.69 Å². The highest BCUT2D eigenvalue weighted by molar-refractivity contribution is 5.92. The van der Waals surface area contributed by atoms with Crippen LogP contribution in [0, 0.1) is 17.8 Å². The molecule has 3 aromatic rings. The maximum atomic E-state index is 14.1. The van der Waals surface area contributed by atoms with Gasteiger partial charge in [0.25, 0.3) is 5.91 Å². The van der Waals surface area contributed by atoms with Crippen LogP contribution in [-0.2, 0) is 22.5 Å². The number of fused-ring (bicyclic) bond motifs is 1. The maximum Gasteiger partial charge on any atom is 0.270 e. The molecule has 1 aliphatic carbocycles. The van der Waals surface area contributed by atoms with Crippen LogP contribution in [0.4, 0.5) is 8.78 Å². The van der Waals surface area contributed by atoms with Crippen molar-refractivity contribution in [3.63, 3.8) is 0 Å². The van der Waals surface area contributed by atoms with Gasteiger partial charge in [-0.05, 0) is 62.1 Å². The smallest absolute Gasteiger partial charge is 0.270 e. The van der Waals surface area contributed by atoms with Crippen molar-refractivity contribution in [2.24, 2.45) is 17.8 Å². The first-order valence-corrected chi connectivity index (χ1v) is 15.4. The molecule has 0 aromatic carbocycles. The third-order valence-corrected chi connectivity index (χ3v) is 9.06. The van der Waals surface area contributed by atoms with Gasteiger partial charge in [-0.15, -0.1) is 0 Å². The molecule has 3 aliphatic rings. The molecule has 0 spiro atoms. The van der Waals surface area contributed by atoms with Crippen LogP contribution in [0.2, 0.25) is 0 Å². The summed E-state index contributed by atoms with van der Waals surface area (Å²) in [5.74, 6) is -2.99. The Morgan fingerprint density at radius 2 is 2.12 bits per heavy atom. The Balaban J connectivity index is 1.37. The molecule has 5 heterocycles. The Morgan fingerprint density at radius 3 is 2.86 bits per heavy atom. The van der Waals surface area contributed by atoms with Crippen LogP contribution >= 0.6 is 0 Å². The summed E-state index contributed by atoms with van der Waals surface area (Å²) in [6.07, 6.45) is 7.51. The zero-order valence-corrected chi connectivity index (χ0v) is 24.7. The monoisotopic (exact) mass is 595 g/mol. The number of carbonyl (C=O) groups is 2. The van der Waals surface area contributed by atoms with Crippen LogP contribution in [0.15, 0.2) is 30.6 Å². The zero-order chi connectivity index (χ0) is 30.1. The first kappa shape index (κ1) is 29.4. The highest BCUT2D eigenvalue weighted by atomic mass is 19.3. The number of piperidine rings is 1. The van der Waals surface area contributed by atoms with Crippen molar-refractivity contribution in [1.29, 1.82) is 0 Å². The topological polar surface area (TPSA) is 115 Å². The van der Waals surface area contributed by atoms with Gasteiger partial charge in [0.15, 0.2) is 5.65 Å². The summed E-state index contributed by atoms with van der Waals surface area (Å²) in [6.45, 7) is 6.36. The second kappa shape index (κ2) is 12.1. The SMILES string of the molecule is CCn1nccc1C(=O)N[C@H](c1cn2nc(CC3C[C@@H](C)CNC3=O)c(C3=CCOCC3)cc2n1)C1CCC(F)(F)CC1.